The van der Waals surface area contributed by atoms with Crippen molar-refractivity contribution in [2.45, 2.75) is 13.8 Å². The molecular formula is C64H44N6. The number of aromatic nitrogens is 6. The Labute approximate surface area is 405 Å². The Kier molecular flexibility index (Phi) is 9.84. The maximum atomic E-state index is 5.22. The van der Waals surface area contributed by atoms with E-state index in [1.807, 2.05) is 73.1 Å². The van der Waals surface area contributed by atoms with Crippen LogP contribution in [0.5, 0.6) is 0 Å². The Bertz CT molecular complexity index is 4090. The van der Waals surface area contributed by atoms with Crippen LogP contribution < -0.4 is 0 Å². The molecule has 0 aliphatic heterocycles. The molecule has 0 atom stereocenters. The zero-order chi connectivity index (χ0) is 46.7. The van der Waals surface area contributed by atoms with Crippen LogP contribution in [0, 0.1) is 13.8 Å². The SMILES string of the molecule is Cc1ccccc1-c1ccc2c(c1)c1ccccc1n2-c1ccncc1-c1cc(-c2nc(-c3ccccc3)nc(-c3ccccc3)n2)ccc1-n1c2ccccc2c2cc(-c3ccccc3C)ccc21. The fraction of sp³-hybridized carbons (Fsp3) is 0.0312. The molecule has 0 amide bonds. The number of fused-ring (bicyclic) bond motifs is 6. The Morgan fingerprint density at radius 3 is 1.26 bits per heavy atom. The van der Waals surface area contributed by atoms with Gasteiger partial charge in [-0.1, -0.05) is 158 Å². The molecule has 0 bridgehead atoms. The lowest BCUT2D eigenvalue weighted by molar-refractivity contribution is 1.07. The predicted molar refractivity (Wildman–Crippen MR) is 288 cm³/mol. The number of nitrogens with zero attached hydrogens (tertiary/aromatic N) is 6. The molecule has 0 spiro atoms. The van der Waals surface area contributed by atoms with Gasteiger partial charge in [0.25, 0.3) is 0 Å². The lowest BCUT2D eigenvalue weighted by atomic mass is 9.98. The van der Waals surface area contributed by atoms with Gasteiger partial charge in [0.2, 0.25) is 0 Å². The smallest absolute Gasteiger partial charge is 0.164 e. The van der Waals surface area contributed by atoms with E-state index in [9.17, 15) is 0 Å². The number of pyridine rings is 1. The lowest BCUT2D eigenvalue weighted by Gasteiger charge is -2.19. The third-order valence-electron chi connectivity index (χ3n) is 13.8. The quantitative estimate of drug-likeness (QED) is 0.152. The van der Waals surface area contributed by atoms with E-state index in [2.05, 4.69) is 181 Å². The van der Waals surface area contributed by atoms with Crippen molar-refractivity contribution < 1.29 is 0 Å². The van der Waals surface area contributed by atoms with E-state index < -0.39 is 0 Å². The lowest BCUT2D eigenvalue weighted by Crippen LogP contribution is -2.04. The van der Waals surface area contributed by atoms with E-state index in [1.165, 1.54) is 54.9 Å². The van der Waals surface area contributed by atoms with Gasteiger partial charge in [-0.05, 0) is 108 Å². The average molecular weight is 897 g/mol. The molecule has 0 unspecified atom stereocenters. The molecule has 0 fully saturated rings. The predicted octanol–water partition coefficient (Wildman–Crippen LogP) is 16.1. The van der Waals surface area contributed by atoms with Crippen LogP contribution in [0.15, 0.2) is 231 Å². The molecule has 13 rings (SSSR count). The van der Waals surface area contributed by atoms with Gasteiger partial charge in [-0.15, -0.1) is 0 Å². The summed E-state index contributed by atoms with van der Waals surface area (Å²) in [5, 5.41) is 4.73. The Balaban J connectivity index is 1.09. The molecular weight excluding hydrogens is 853 g/mol. The van der Waals surface area contributed by atoms with Crippen LogP contribution in [0.4, 0.5) is 0 Å². The molecule has 0 radical (unpaired) electrons. The Hall–Kier alpha value is -9.26. The summed E-state index contributed by atoms with van der Waals surface area (Å²) in [6, 6.07) is 77.6. The normalized spacial score (nSPS) is 11.6. The van der Waals surface area contributed by atoms with Gasteiger partial charge in [0, 0.05) is 61.8 Å². The van der Waals surface area contributed by atoms with Crippen molar-refractivity contribution in [1.82, 2.24) is 29.1 Å². The summed E-state index contributed by atoms with van der Waals surface area (Å²) in [7, 11) is 0. The molecule has 6 nitrogen and oxygen atoms in total. The molecule has 0 aliphatic carbocycles. The molecule has 0 saturated carbocycles. The minimum absolute atomic E-state index is 0.580. The maximum Gasteiger partial charge on any atom is 0.164 e. The summed E-state index contributed by atoms with van der Waals surface area (Å²) in [4.78, 5) is 20.4. The first-order chi connectivity index (χ1) is 34.6. The molecule has 13 aromatic rings. The van der Waals surface area contributed by atoms with Gasteiger partial charge in [0.1, 0.15) is 0 Å². The van der Waals surface area contributed by atoms with Gasteiger partial charge >= 0.3 is 0 Å². The first kappa shape index (κ1) is 41.0. The van der Waals surface area contributed by atoms with E-state index in [0.29, 0.717) is 17.5 Å². The zero-order valence-corrected chi connectivity index (χ0v) is 38.6. The fourth-order valence-corrected chi connectivity index (χ4v) is 10.4. The number of hydrogen-bond donors (Lipinski definition) is 0. The fourth-order valence-electron chi connectivity index (χ4n) is 10.4. The first-order valence-corrected chi connectivity index (χ1v) is 23.7. The van der Waals surface area contributed by atoms with Crippen LogP contribution in [0.25, 0.3) is 123 Å². The molecule has 4 aromatic heterocycles. The largest absolute Gasteiger partial charge is 0.309 e. The number of rotatable bonds is 8. The summed E-state index contributed by atoms with van der Waals surface area (Å²) in [5.41, 5.74) is 18.4. The van der Waals surface area contributed by atoms with Gasteiger partial charge in [-0.3, -0.25) is 4.98 Å². The van der Waals surface area contributed by atoms with Crippen LogP contribution >= 0.6 is 0 Å². The van der Waals surface area contributed by atoms with E-state index in [0.717, 1.165) is 61.3 Å². The van der Waals surface area contributed by atoms with E-state index >= 15 is 0 Å². The topological polar surface area (TPSA) is 61.4 Å². The summed E-state index contributed by atoms with van der Waals surface area (Å²) >= 11 is 0. The molecule has 0 N–H and O–H groups in total. The standard InChI is InChI=1S/C64H44N6/c1-41-17-9-11-23-48(41)45-29-32-58-52(37-45)50-25-13-15-27-56(50)69(58)60-34-31-47(64-67-62(43-19-5-3-6-20-43)66-63(68-64)44-21-7-4-8-22-44)39-54(60)55-40-65-36-35-61(55)70-57-28-16-14-26-51(57)53-38-46(30-33-59(53)70)49-24-12-10-18-42(49)2/h3-40H,1-2H3. The van der Waals surface area contributed by atoms with Gasteiger partial charge < -0.3 is 9.13 Å². The van der Waals surface area contributed by atoms with E-state index in [-0.39, 0.29) is 0 Å². The highest BCUT2D eigenvalue weighted by Crippen LogP contribution is 2.43. The second kappa shape index (κ2) is 16.8. The molecule has 330 valence electrons. The highest BCUT2D eigenvalue weighted by atomic mass is 15.0. The van der Waals surface area contributed by atoms with Gasteiger partial charge in [0.15, 0.2) is 17.5 Å². The van der Waals surface area contributed by atoms with Gasteiger partial charge in [-0.2, -0.15) is 0 Å². The minimum Gasteiger partial charge on any atom is -0.309 e. The second-order valence-electron chi connectivity index (χ2n) is 18.0. The summed E-state index contributed by atoms with van der Waals surface area (Å²) in [5.74, 6) is 1.80. The molecule has 0 saturated heterocycles. The summed E-state index contributed by atoms with van der Waals surface area (Å²) < 4.78 is 4.82. The van der Waals surface area contributed by atoms with Crippen molar-refractivity contribution in [2.75, 3.05) is 0 Å². The van der Waals surface area contributed by atoms with Crippen LogP contribution in [0.1, 0.15) is 11.1 Å². The third kappa shape index (κ3) is 6.88. The summed E-state index contributed by atoms with van der Waals surface area (Å²) in [6.45, 7) is 4.36. The van der Waals surface area contributed by atoms with Crippen molar-refractivity contribution >= 4 is 43.6 Å². The highest BCUT2D eigenvalue weighted by Gasteiger charge is 2.23. The van der Waals surface area contributed by atoms with Crippen LogP contribution in [0.2, 0.25) is 0 Å². The Morgan fingerprint density at radius 2 is 0.729 bits per heavy atom. The maximum absolute atomic E-state index is 5.22. The minimum atomic E-state index is 0.580. The van der Waals surface area contributed by atoms with Gasteiger partial charge in [-0.25, -0.2) is 15.0 Å². The second-order valence-corrected chi connectivity index (χ2v) is 18.0. The molecule has 0 aliphatic rings. The van der Waals surface area contributed by atoms with E-state index in [1.54, 1.807) is 0 Å². The monoisotopic (exact) mass is 896 g/mol. The molecule has 70 heavy (non-hydrogen) atoms. The van der Waals surface area contributed by atoms with Crippen LogP contribution in [-0.2, 0) is 0 Å². The van der Waals surface area contributed by atoms with Crippen LogP contribution in [-0.4, -0.2) is 29.1 Å². The number of benzene rings is 9. The highest BCUT2D eigenvalue weighted by molar-refractivity contribution is 6.13. The van der Waals surface area contributed by atoms with Crippen molar-refractivity contribution in [2.24, 2.45) is 0 Å². The molecule has 4 heterocycles. The average Bonchev–Trinajstić information content (AvgIpc) is 3.93. The van der Waals surface area contributed by atoms with Crippen molar-refractivity contribution in [3.05, 3.63) is 242 Å². The van der Waals surface area contributed by atoms with Gasteiger partial charge in [0.05, 0.1) is 33.4 Å². The van der Waals surface area contributed by atoms with Crippen molar-refractivity contribution in [3.63, 3.8) is 0 Å². The number of aryl methyl sites for hydroxylation is 2. The Morgan fingerprint density at radius 1 is 0.300 bits per heavy atom. The zero-order valence-electron chi connectivity index (χ0n) is 38.6. The molecule has 9 aromatic carbocycles. The third-order valence-corrected chi connectivity index (χ3v) is 13.8. The van der Waals surface area contributed by atoms with Crippen LogP contribution in [0.3, 0.4) is 0 Å². The molecule has 6 heteroatoms. The van der Waals surface area contributed by atoms with Crippen molar-refractivity contribution in [3.8, 4) is 78.9 Å². The van der Waals surface area contributed by atoms with Crippen molar-refractivity contribution in [1.29, 1.82) is 0 Å². The number of hydrogen-bond acceptors (Lipinski definition) is 4. The summed E-state index contributed by atoms with van der Waals surface area (Å²) in [6.07, 6.45) is 3.92. The number of para-hydroxylation sites is 2. The first-order valence-electron chi connectivity index (χ1n) is 23.7. The van der Waals surface area contributed by atoms with E-state index in [4.69, 9.17) is 19.9 Å².